The average molecular weight is 325 g/mol. The Labute approximate surface area is 129 Å². The highest BCUT2D eigenvalue weighted by molar-refractivity contribution is 8.26. The summed E-state index contributed by atoms with van der Waals surface area (Å²) >= 11 is 6.14. The Morgan fingerprint density at radius 2 is 2.29 bits per heavy atom. The summed E-state index contributed by atoms with van der Waals surface area (Å²) in [7, 11) is 0. The number of carbonyl (C=O) groups is 1. The van der Waals surface area contributed by atoms with Crippen LogP contribution in [-0.4, -0.2) is 31.8 Å². The van der Waals surface area contributed by atoms with Crippen LogP contribution >= 0.6 is 24.0 Å². The normalized spacial score (nSPS) is 16.8. The predicted octanol–water partition coefficient (Wildman–Crippen LogP) is 2.03. The number of amides is 1. The molecule has 7 nitrogen and oxygen atoms in total. The second-order valence-electron chi connectivity index (χ2n) is 4.03. The number of nitrogens with zero attached hydrogens (tertiary/aromatic N) is 2. The van der Waals surface area contributed by atoms with Crippen LogP contribution in [0.25, 0.3) is 6.08 Å². The summed E-state index contributed by atoms with van der Waals surface area (Å²) in [6, 6.07) is 3.61. The lowest BCUT2D eigenvalue weighted by Gasteiger charge is -2.13. The summed E-state index contributed by atoms with van der Waals surface area (Å²) in [6.07, 6.45) is 1.39. The van der Waals surface area contributed by atoms with Gasteiger partial charge in [0.15, 0.2) is 4.32 Å². The van der Waals surface area contributed by atoms with Gasteiger partial charge in [-0.3, -0.25) is 14.9 Å². The maximum atomic E-state index is 12.1. The molecule has 0 bridgehead atoms. The molecule has 1 heterocycles. The Hall–Kier alpha value is -1.97. The van der Waals surface area contributed by atoms with Gasteiger partial charge < -0.3 is 5.11 Å². The first-order valence-corrected chi connectivity index (χ1v) is 7.15. The van der Waals surface area contributed by atoms with E-state index in [1.807, 2.05) is 6.92 Å². The summed E-state index contributed by atoms with van der Waals surface area (Å²) in [5.74, 6) is -0.493. The minimum Gasteiger partial charge on any atom is -0.507 e. The molecule has 0 saturated carbocycles. The van der Waals surface area contributed by atoms with Crippen LogP contribution in [0.15, 0.2) is 23.1 Å². The van der Waals surface area contributed by atoms with E-state index < -0.39 is 4.92 Å². The van der Waals surface area contributed by atoms with Crippen LogP contribution in [0.1, 0.15) is 12.5 Å². The largest absolute Gasteiger partial charge is 0.507 e. The van der Waals surface area contributed by atoms with Gasteiger partial charge in [0.05, 0.1) is 9.83 Å². The van der Waals surface area contributed by atoms with E-state index in [4.69, 9.17) is 12.2 Å². The number of nitro groups is 1. The van der Waals surface area contributed by atoms with E-state index in [-0.39, 0.29) is 27.8 Å². The number of nitro benzene ring substituents is 1. The smallest absolute Gasteiger partial charge is 0.280 e. The van der Waals surface area contributed by atoms with Gasteiger partial charge in [0, 0.05) is 24.2 Å². The summed E-state index contributed by atoms with van der Waals surface area (Å²) in [4.78, 5) is 22.6. The van der Waals surface area contributed by atoms with Crippen LogP contribution in [0.3, 0.4) is 0 Å². The van der Waals surface area contributed by atoms with Crippen LogP contribution in [0.4, 0.5) is 5.69 Å². The van der Waals surface area contributed by atoms with Crippen LogP contribution < -0.4 is 5.43 Å². The van der Waals surface area contributed by atoms with E-state index in [2.05, 4.69) is 5.43 Å². The second kappa shape index (κ2) is 6.20. The van der Waals surface area contributed by atoms with Crippen molar-refractivity contribution < 1.29 is 14.8 Å². The number of non-ortho nitro benzene ring substituents is 1. The first kappa shape index (κ1) is 15.4. The summed E-state index contributed by atoms with van der Waals surface area (Å²) in [6.45, 7) is 2.36. The molecule has 0 atom stereocenters. The molecule has 1 amide bonds. The Kier molecular flexibility index (Phi) is 4.56. The fraction of sp³-hybridized carbons (Fsp3) is 0.167. The van der Waals surface area contributed by atoms with E-state index in [1.165, 1.54) is 29.3 Å². The van der Waals surface area contributed by atoms with Gasteiger partial charge >= 0.3 is 0 Å². The van der Waals surface area contributed by atoms with Crippen molar-refractivity contribution in [2.24, 2.45) is 0 Å². The fourth-order valence-electron chi connectivity index (χ4n) is 1.67. The molecule has 0 radical (unpaired) electrons. The molecule has 1 aromatic carbocycles. The average Bonchev–Trinajstić information content (AvgIpc) is 2.69. The molecule has 0 unspecified atom stereocenters. The van der Waals surface area contributed by atoms with Crippen molar-refractivity contribution in [1.82, 2.24) is 10.4 Å². The molecule has 1 aromatic rings. The van der Waals surface area contributed by atoms with Gasteiger partial charge in [-0.1, -0.05) is 30.9 Å². The number of hydrogen-bond acceptors (Lipinski definition) is 7. The molecule has 0 spiro atoms. The molecule has 1 fully saturated rings. The lowest BCUT2D eigenvalue weighted by atomic mass is 10.1. The number of thiocarbonyl (C=S) groups is 1. The van der Waals surface area contributed by atoms with Crippen molar-refractivity contribution in [3.05, 3.63) is 38.8 Å². The number of phenolic OH excluding ortho intramolecular Hbond substituents is 1. The SMILES string of the molecule is CCNN1C(=O)/C(=C\c2cc([N+](=O)[O-])ccc2O)SC1=S. The molecule has 1 aliphatic heterocycles. The van der Waals surface area contributed by atoms with Crippen molar-refractivity contribution in [3.8, 4) is 5.75 Å². The summed E-state index contributed by atoms with van der Waals surface area (Å²) < 4.78 is 0.345. The Balaban J connectivity index is 2.36. The third-order valence-corrected chi connectivity index (χ3v) is 3.92. The van der Waals surface area contributed by atoms with Crippen molar-refractivity contribution in [2.45, 2.75) is 6.92 Å². The Morgan fingerprint density at radius 1 is 1.57 bits per heavy atom. The van der Waals surface area contributed by atoms with Crippen molar-refractivity contribution in [2.75, 3.05) is 6.54 Å². The molecule has 1 saturated heterocycles. The van der Waals surface area contributed by atoms with Crippen molar-refractivity contribution >= 4 is 46.0 Å². The standard InChI is InChI=1S/C12H11N3O4S2/c1-2-13-14-11(17)10(21-12(14)20)6-7-5-8(15(18)19)3-4-9(7)16/h3-6,13,16H,2H2,1H3/b10-6+. The molecule has 2 N–H and O–H groups in total. The minimum atomic E-state index is -0.569. The molecule has 0 aliphatic carbocycles. The Morgan fingerprint density at radius 3 is 2.90 bits per heavy atom. The molecular formula is C12H11N3O4S2. The van der Waals surface area contributed by atoms with Gasteiger partial charge in [-0.05, 0) is 12.1 Å². The molecule has 0 aromatic heterocycles. The Bertz CT molecular complexity index is 660. The third kappa shape index (κ3) is 3.20. The van der Waals surface area contributed by atoms with Gasteiger partial charge in [-0.2, -0.15) is 0 Å². The van der Waals surface area contributed by atoms with Crippen molar-refractivity contribution in [3.63, 3.8) is 0 Å². The highest BCUT2D eigenvalue weighted by Crippen LogP contribution is 2.34. The topological polar surface area (TPSA) is 95.7 Å². The highest BCUT2D eigenvalue weighted by atomic mass is 32.2. The maximum absolute atomic E-state index is 12.1. The molecule has 110 valence electrons. The molecule has 1 aliphatic rings. The van der Waals surface area contributed by atoms with Gasteiger partial charge in [0.25, 0.3) is 11.6 Å². The zero-order chi connectivity index (χ0) is 15.6. The zero-order valence-electron chi connectivity index (χ0n) is 10.9. The predicted molar refractivity (Wildman–Crippen MR) is 83.4 cm³/mol. The lowest BCUT2D eigenvalue weighted by molar-refractivity contribution is -0.384. The molecule has 2 rings (SSSR count). The monoisotopic (exact) mass is 325 g/mol. The van der Waals surface area contributed by atoms with Gasteiger partial charge in [-0.25, -0.2) is 10.4 Å². The third-order valence-electron chi connectivity index (χ3n) is 2.62. The molecular weight excluding hydrogens is 314 g/mol. The fourth-order valence-corrected chi connectivity index (χ4v) is 2.88. The van der Waals surface area contributed by atoms with Crippen LogP contribution in [0, 0.1) is 10.1 Å². The maximum Gasteiger partial charge on any atom is 0.280 e. The highest BCUT2D eigenvalue weighted by Gasteiger charge is 2.32. The zero-order valence-corrected chi connectivity index (χ0v) is 12.5. The second-order valence-corrected chi connectivity index (χ2v) is 5.70. The summed E-state index contributed by atoms with van der Waals surface area (Å²) in [5.41, 5.74) is 2.84. The van der Waals surface area contributed by atoms with Crippen molar-refractivity contribution in [1.29, 1.82) is 0 Å². The van der Waals surface area contributed by atoms with Gasteiger partial charge in [0.2, 0.25) is 0 Å². The minimum absolute atomic E-state index is 0.144. The van der Waals surface area contributed by atoms with E-state index in [1.54, 1.807) is 0 Å². The van der Waals surface area contributed by atoms with E-state index in [0.29, 0.717) is 10.9 Å². The lowest BCUT2D eigenvalue weighted by Crippen LogP contribution is -2.40. The molecule has 9 heteroatoms. The van der Waals surface area contributed by atoms with Gasteiger partial charge in [-0.15, -0.1) is 0 Å². The number of hydrogen-bond donors (Lipinski definition) is 2. The van der Waals surface area contributed by atoms with E-state index in [9.17, 15) is 20.0 Å². The number of benzene rings is 1. The van der Waals surface area contributed by atoms with Crippen LogP contribution in [-0.2, 0) is 4.79 Å². The number of hydrazine groups is 1. The number of aromatic hydroxyl groups is 1. The number of carbonyl (C=O) groups excluding carboxylic acids is 1. The van der Waals surface area contributed by atoms with Crippen LogP contribution in [0.5, 0.6) is 5.75 Å². The number of rotatable bonds is 4. The van der Waals surface area contributed by atoms with E-state index >= 15 is 0 Å². The molecule has 21 heavy (non-hydrogen) atoms. The van der Waals surface area contributed by atoms with E-state index in [0.717, 1.165) is 11.8 Å². The quantitative estimate of drug-likeness (QED) is 0.378. The summed E-state index contributed by atoms with van der Waals surface area (Å²) in [5, 5.41) is 21.7. The first-order chi connectivity index (χ1) is 9.93. The number of thioether (sulfide) groups is 1. The number of phenols is 1. The number of nitrogens with one attached hydrogen (secondary N) is 1. The van der Waals surface area contributed by atoms with Crippen LogP contribution in [0.2, 0.25) is 0 Å². The van der Waals surface area contributed by atoms with Gasteiger partial charge in [0.1, 0.15) is 5.75 Å². The first-order valence-electron chi connectivity index (χ1n) is 5.93.